The highest BCUT2D eigenvalue weighted by Crippen LogP contribution is 2.17. The van der Waals surface area contributed by atoms with E-state index >= 15 is 0 Å². The predicted octanol–water partition coefficient (Wildman–Crippen LogP) is 2.71. The van der Waals surface area contributed by atoms with Gasteiger partial charge in [-0.25, -0.2) is 0 Å². The Balaban J connectivity index is 2.25. The zero-order valence-corrected chi connectivity index (χ0v) is 12.9. The molecule has 0 atom stereocenters. The van der Waals surface area contributed by atoms with Crippen molar-refractivity contribution >= 4 is 29.3 Å². The molecule has 2 aromatic rings. The van der Waals surface area contributed by atoms with Crippen molar-refractivity contribution < 1.29 is 14.5 Å². The Morgan fingerprint density at radius 1 is 1.08 bits per heavy atom. The fourth-order valence-corrected chi connectivity index (χ4v) is 1.96. The third-order valence-corrected chi connectivity index (χ3v) is 2.98. The molecule has 0 heterocycles. The number of benzene rings is 2. The number of rotatable bonds is 5. The number of amides is 2. The molecular weight excluding hydrogens is 310 g/mol. The first-order valence-corrected chi connectivity index (χ1v) is 7.06. The van der Waals surface area contributed by atoms with Crippen LogP contribution in [-0.2, 0) is 9.59 Å². The number of nitro groups is 1. The van der Waals surface area contributed by atoms with Gasteiger partial charge in [0.15, 0.2) is 0 Å². The summed E-state index contributed by atoms with van der Waals surface area (Å²) in [6.07, 6.45) is 1.52. The van der Waals surface area contributed by atoms with Gasteiger partial charge in [-0.1, -0.05) is 36.4 Å². The molecule has 2 rings (SSSR count). The molecule has 0 aliphatic heterocycles. The molecule has 0 unspecified atom stereocenters. The molecule has 0 bridgehead atoms. The van der Waals surface area contributed by atoms with Gasteiger partial charge >= 0.3 is 0 Å². The number of anilines is 1. The van der Waals surface area contributed by atoms with Gasteiger partial charge in [-0.15, -0.1) is 0 Å². The number of hydrogen-bond acceptors (Lipinski definition) is 4. The number of hydrogen-bond donors (Lipinski definition) is 2. The van der Waals surface area contributed by atoms with Gasteiger partial charge in [0.05, 0.1) is 4.92 Å². The van der Waals surface area contributed by atoms with E-state index in [4.69, 9.17) is 0 Å². The van der Waals surface area contributed by atoms with Crippen LogP contribution in [-0.4, -0.2) is 16.7 Å². The minimum atomic E-state index is -0.574. The van der Waals surface area contributed by atoms with Gasteiger partial charge in [0, 0.05) is 24.7 Å². The lowest BCUT2D eigenvalue weighted by Crippen LogP contribution is -2.28. The highest BCUT2D eigenvalue weighted by Gasteiger charge is 2.13. The minimum Gasteiger partial charge on any atom is -0.322 e. The molecule has 0 aliphatic carbocycles. The van der Waals surface area contributed by atoms with E-state index in [9.17, 15) is 19.7 Å². The van der Waals surface area contributed by atoms with Crippen LogP contribution in [0.4, 0.5) is 11.4 Å². The molecule has 2 amide bonds. The van der Waals surface area contributed by atoms with Crippen molar-refractivity contribution in [2.75, 3.05) is 5.32 Å². The summed E-state index contributed by atoms with van der Waals surface area (Å²) in [4.78, 5) is 33.9. The van der Waals surface area contributed by atoms with Crippen LogP contribution in [0.3, 0.4) is 0 Å². The van der Waals surface area contributed by atoms with E-state index in [0.29, 0.717) is 0 Å². The zero-order valence-electron chi connectivity index (χ0n) is 12.9. The zero-order chi connectivity index (χ0) is 17.5. The molecule has 0 aliphatic rings. The summed E-state index contributed by atoms with van der Waals surface area (Å²) in [5.74, 6) is -0.971. The van der Waals surface area contributed by atoms with E-state index in [1.54, 1.807) is 24.3 Å². The molecule has 2 aromatic carbocycles. The van der Waals surface area contributed by atoms with Crippen molar-refractivity contribution in [3.05, 3.63) is 76.0 Å². The van der Waals surface area contributed by atoms with Crippen molar-refractivity contribution in [3.8, 4) is 0 Å². The van der Waals surface area contributed by atoms with E-state index in [1.165, 1.54) is 37.3 Å². The topological polar surface area (TPSA) is 101 Å². The van der Waals surface area contributed by atoms with Crippen LogP contribution in [0.1, 0.15) is 12.5 Å². The fraction of sp³-hybridized carbons (Fsp3) is 0.0588. The van der Waals surface area contributed by atoms with Gasteiger partial charge in [-0.2, -0.15) is 0 Å². The Morgan fingerprint density at radius 2 is 1.79 bits per heavy atom. The van der Waals surface area contributed by atoms with Crippen LogP contribution in [0.25, 0.3) is 6.08 Å². The number of carbonyl (C=O) groups excluding carboxylic acids is 2. The van der Waals surface area contributed by atoms with Crippen LogP contribution in [0.2, 0.25) is 0 Å². The van der Waals surface area contributed by atoms with Crippen LogP contribution in [0.15, 0.2) is 60.3 Å². The maximum Gasteiger partial charge on any atom is 0.272 e. The van der Waals surface area contributed by atoms with Crippen molar-refractivity contribution in [3.63, 3.8) is 0 Å². The summed E-state index contributed by atoms with van der Waals surface area (Å²) in [7, 11) is 0. The number of nitrogens with zero attached hydrogens (tertiary/aromatic N) is 1. The number of carbonyl (C=O) groups is 2. The summed E-state index contributed by atoms with van der Waals surface area (Å²) < 4.78 is 0. The Kier molecular flexibility index (Phi) is 5.40. The fourth-order valence-electron chi connectivity index (χ4n) is 1.96. The normalized spacial score (nSPS) is 10.8. The van der Waals surface area contributed by atoms with Crippen LogP contribution >= 0.6 is 0 Å². The average molecular weight is 325 g/mol. The smallest absolute Gasteiger partial charge is 0.272 e. The van der Waals surface area contributed by atoms with Gasteiger partial charge < -0.3 is 10.6 Å². The van der Waals surface area contributed by atoms with Gasteiger partial charge in [-0.3, -0.25) is 19.7 Å². The van der Waals surface area contributed by atoms with Crippen LogP contribution < -0.4 is 10.6 Å². The summed E-state index contributed by atoms with van der Waals surface area (Å²) in [6, 6.07) is 14.6. The highest BCUT2D eigenvalue weighted by molar-refractivity contribution is 6.08. The third-order valence-electron chi connectivity index (χ3n) is 2.98. The SMILES string of the molecule is CC(=O)N/C(=C\c1ccccc1)C(=O)Nc1cccc([N+](=O)[O-])c1. The van der Waals surface area contributed by atoms with Crippen molar-refractivity contribution in [1.29, 1.82) is 0 Å². The lowest BCUT2D eigenvalue weighted by Gasteiger charge is -2.09. The van der Waals surface area contributed by atoms with Crippen molar-refractivity contribution in [2.24, 2.45) is 0 Å². The lowest BCUT2D eigenvalue weighted by atomic mass is 10.2. The van der Waals surface area contributed by atoms with E-state index in [-0.39, 0.29) is 17.1 Å². The number of nitrogens with one attached hydrogen (secondary N) is 2. The number of non-ortho nitro benzene ring substituents is 1. The molecule has 0 saturated carbocycles. The second-order valence-electron chi connectivity index (χ2n) is 4.91. The average Bonchev–Trinajstić information content (AvgIpc) is 2.55. The van der Waals surface area contributed by atoms with Gasteiger partial charge in [-0.05, 0) is 17.7 Å². The van der Waals surface area contributed by atoms with E-state index in [0.717, 1.165) is 5.56 Å². The van der Waals surface area contributed by atoms with E-state index < -0.39 is 16.7 Å². The van der Waals surface area contributed by atoms with E-state index in [2.05, 4.69) is 10.6 Å². The molecule has 122 valence electrons. The first-order valence-electron chi connectivity index (χ1n) is 7.06. The standard InChI is InChI=1S/C17H15N3O4/c1-12(21)18-16(10-13-6-3-2-4-7-13)17(22)19-14-8-5-9-15(11-14)20(23)24/h2-11H,1H3,(H,18,21)(H,19,22)/b16-10-. The maximum atomic E-state index is 12.4. The van der Waals surface area contributed by atoms with Crippen LogP contribution in [0, 0.1) is 10.1 Å². The summed E-state index contributed by atoms with van der Waals surface area (Å²) in [5, 5.41) is 15.8. The molecule has 7 heteroatoms. The predicted molar refractivity (Wildman–Crippen MR) is 90.0 cm³/mol. The Labute approximate surface area is 138 Å². The Morgan fingerprint density at radius 3 is 2.42 bits per heavy atom. The van der Waals surface area contributed by atoms with Crippen LogP contribution in [0.5, 0.6) is 0 Å². The molecule has 7 nitrogen and oxygen atoms in total. The largest absolute Gasteiger partial charge is 0.322 e. The highest BCUT2D eigenvalue weighted by atomic mass is 16.6. The summed E-state index contributed by atoms with van der Waals surface area (Å²) in [5.41, 5.74) is 0.898. The molecule has 0 aromatic heterocycles. The molecular formula is C17H15N3O4. The summed E-state index contributed by atoms with van der Waals surface area (Å²) >= 11 is 0. The molecule has 24 heavy (non-hydrogen) atoms. The van der Waals surface area contributed by atoms with Crippen molar-refractivity contribution in [2.45, 2.75) is 6.92 Å². The van der Waals surface area contributed by atoms with Gasteiger partial charge in [0.1, 0.15) is 5.70 Å². The minimum absolute atomic E-state index is 0.0419. The summed E-state index contributed by atoms with van der Waals surface area (Å²) in [6.45, 7) is 1.29. The monoisotopic (exact) mass is 325 g/mol. The third kappa shape index (κ3) is 4.77. The van der Waals surface area contributed by atoms with E-state index in [1.807, 2.05) is 6.07 Å². The second kappa shape index (κ2) is 7.68. The molecule has 0 spiro atoms. The molecule has 0 saturated heterocycles. The quantitative estimate of drug-likeness (QED) is 0.501. The molecule has 0 fully saturated rings. The molecule has 0 radical (unpaired) electrons. The number of nitro benzene ring substituents is 1. The van der Waals surface area contributed by atoms with Crippen molar-refractivity contribution in [1.82, 2.24) is 5.32 Å². The van der Waals surface area contributed by atoms with Gasteiger partial charge in [0.2, 0.25) is 5.91 Å². The maximum absolute atomic E-state index is 12.4. The first-order chi connectivity index (χ1) is 11.5. The Bertz CT molecular complexity index is 800. The molecule has 2 N–H and O–H groups in total. The second-order valence-corrected chi connectivity index (χ2v) is 4.91. The first kappa shape index (κ1) is 16.9. The van der Waals surface area contributed by atoms with Gasteiger partial charge in [0.25, 0.3) is 11.6 Å². The lowest BCUT2D eigenvalue weighted by molar-refractivity contribution is -0.384. The Hall–Kier alpha value is -3.48.